The van der Waals surface area contributed by atoms with Crippen LogP contribution in [0.4, 0.5) is 13.2 Å². The van der Waals surface area contributed by atoms with E-state index in [1.807, 2.05) is 0 Å². The Balaban J connectivity index is 1.99. The molecule has 0 aromatic rings. The zero-order valence-corrected chi connectivity index (χ0v) is 10.4. The fourth-order valence-electron chi connectivity index (χ4n) is 1.91. The average molecular weight is 267 g/mol. The molecule has 1 aliphatic rings. The second-order valence-electron chi connectivity index (χ2n) is 4.58. The topological polar surface area (TPSA) is 38.3 Å². The Morgan fingerprint density at radius 2 is 1.89 bits per heavy atom. The average Bonchev–Trinajstić information content (AvgIpc) is 2.28. The molecule has 0 unspecified atom stereocenters. The van der Waals surface area contributed by atoms with Gasteiger partial charge in [0.2, 0.25) is 0 Å². The second kappa shape index (κ2) is 7.74. The standard InChI is InChI=1S/C12H20F3NO2/c13-12(14,15)6-1-2-10(17)5-9-18-11-3-7-16-8-4-11/h11,16H,1-9H2. The number of nitrogens with one attached hydrogen (secondary N) is 1. The summed E-state index contributed by atoms with van der Waals surface area (Å²) in [4.78, 5) is 11.3. The van der Waals surface area contributed by atoms with Crippen molar-refractivity contribution in [3.8, 4) is 0 Å². The molecule has 1 N–H and O–H groups in total. The van der Waals surface area contributed by atoms with Crippen LogP contribution in [-0.2, 0) is 9.53 Å². The van der Waals surface area contributed by atoms with Crippen molar-refractivity contribution in [1.82, 2.24) is 5.32 Å². The lowest BCUT2D eigenvalue weighted by Gasteiger charge is -2.22. The summed E-state index contributed by atoms with van der Waals surface area (Å²) in [5.74, 6) is -0.145. The predicted octanol–water partition coefficient (Wildman–Crippen LogP) is 2.45. The third-order valence-electron chi connectivity index (χ3n) is 2.94. The SMILES string of the molecule is O=C(CCCC(F)(F)F)CCOC1CCNCC1. The predicted molar refractivity (Wildman–Crippen MR) is 61.4 cm³/mol. The number of alkyl halides is 3. The van der Waals surface area contributed by atoms with Gasteiger partial charge in [0.1, 0.15) is 5.78 Å². The van der Waals surface area contributed by atoms with Gasteiger partial charge in [-0.2, -0.15) is 13.2 Å². The molecule has 0 saturated carbocycles. The molecule has 0 aromatic carbocycles. The largest absolute Gasteiger partial charge is 0.389 e. The number of ketones is 1. The Morgan fingerprint density at radius 3 is 2.50 bits per heavy atom. The molecule has 1 heterocycles. The van der Waals surface area contributed by atoms with Crippen molar-refractivity contribution in [2.24, 2.45) is 0 Å². The van der Waals surface area contributed by atoms with Crippen LogP contribution in [0.3, 0.4) is 0 Å². The molecule has 18 heavy (non-hydrogen) atoms. The lowest BCUT2D eigenvalue weighted by atomic mass is 10.1. The summed E-state index contributed by atoms with van der Waals surface area (Å²) in [5, 5.41) is 3.20. The van der Waals surface area contributed by atoms with Gasteiger partial charge in [-0.05, 0) is 32.4 Å². The molecule has 6 heteroatoms. The minimum atomic E-state index is -4.16. The molecular weight excluding hydrogens is 247 g/mol. The van der Waals surface area contributed by atoms with Crippen molar-refractivity contribution in [2.75, 3.05) is 19.7 Å². The summed E-state index contributed by atoms with van der Waals surface area (Å²) in [6.45, 7) is 2.17. The number of Topliss-reactive ketones (excluding diaryl/α,β-unsaturated/α-hetero) is 1. The molecule has 3 nitrogen and oxygen atoms in total. The number of hydrogen-bond donors (Lipinski definition) is 1. The van der Waals surface area contributed by atoms with E-state index in [4.69, 9.17) is 4.74 Å². The quantitative estimate of drug-likeness (QED) is 0.770. The highest BCUT2D eigenvalue weighted by Crippen LogP contribution is 2.22. The van der Waals surface area contributed by atoms with Gasteiger partial charge in [0, 0.05) is 19.3 Å². The molecular formula is C12H20F3NO2. The van der Waals surface area contributed by atoms with Gasteiger partial charge >= 0.3 is 6.18 Å². The van der Waals surface area contributed by atoms with E-state index in [-0.39, 0.29) is 31.1 Å². The van der Waals surface area contributed by atoms with E-state index in [0.717, 1.165) is 25.9 Å². The highest BCUT2D eigenvalue weighted by molar-refractivity contribution is 5.78. The Bertz CT molecular complexity index is 250. The summed E-state index contributed by atoms with van der Waals surface area (Å²) in [6, 6.07) is 0. The maximum absolute atomic E-state index is 11.9. The van der Waals surface area contributed by atoms with Crippen molar-refractivity contribution in [3.05, 3.63) is 0 Å². The van der Waals surface area contributed by atoms with Crippen LogP contribution in [0.5, 0.6) is 0 Å². The maximum Gasteiger partial charge on any atom is 0.389 e. The zero-order chi connectivity index (χ0) is 13.4. The summed E-state index contributed by atoms with van der Waals surface area (Å²) < 4.78 is 41.1. The first-order chi connectivity index (χ1) is 8.47. The van der Waals surface area contributed by atoms with Gasteiger partial charge in [-0.25, -0.2) is 0 Å². The number of carbonyl (C=O) groups excluding carboxylic acids is 1. The molecule has 0 aliphatic carbocycles. The van der Waals surface area contributed by atoms with Crippen LogP contribution in [-0.4, -0.2) is 37.8 Å². The van der Waals surface area contributed by atoms with Gasteiger partial charge in [-0.3, -0.25) is 4.79 Å². The first kappa shape index (κ1) is 15.4. The van der Waals surface area contributed by atoms with Gasteiger partial charge in [-0.15, -0.1) is 0 Å². The fourth-order valence-corrected chi connectivity index (χ4v) is 1.91. The van der Waals surface area contributed by atoms with Crippen LogP contribution in [0.1, 0.15) is 38.5 Å². The minimum absolute atomic E-state index is 0.00487. The highest BCUT2D eigenvalue weighted by atomic mass is 19.4. The number of ether oxygens (including phenoxy) is 1. The summed E-state index contributed by atoms with van der Waals surface area (Å²) in [7, 11) is 0. The van der Waals surface area contributed by atoms with E-state index < -0.39 is 12.6 Å². The summed E-state index contributed by atoms with van der Waals surface area (Å²) in [5.41, 5.74) is 0. The van der Waals surface area contributed by atoms with Crippen molar-refractivity contribution >= 4 is 5.78 Å². The van der Waals surface area contributed by atoms with Crippen molar-refractivity contribution in [1.29, 1.82) is 0 Å². The number of rotatable bonds is 7. The summed E-state index contributed by atoms with van der Waals surface area (Å²) >= 11 is 0. The van der Waals surface area contributed by atoms with E-state index in [0.29, 0.717) is 6.61 Å². The van der Waals surface area contributed by atoms with Crippen LogP contribution in [0.2, 0.25) is 0 Å². The molecule has 0 amide bonds. The molecule has 0 atom stereocenters. The van der Waals surface area contributed by atoms with E-state index in [2.05, 4.69) is 5.32 Å². The van der Waals surface area contributed by atoms with Gasteiger partial charge in [0.25, 0.3) is 0 Å². The lowest BCUT2D eigenvalue weighted by molar-refractivity contribution is -0.137. The fraction of sp³-hybridized carbons (Fsp3) is 0.917. The first-order valence-corrected chi connectivity index (χ1v) is 6.38. The molecule has 0 bridgehead atoms. The molecule has 1 aliphatic heterocycles. The maximum atomic E-state index is 11.9. The zero-order valence-electron chi connectivity index (χ0n) is 10.4. The number of hydrogen-bond acceptors (Lipinski definition) is 3. The van der Waals surface area contributed by atoms with Crippen LogP contribution >= 0.6 is 0 Å². The molecule has 1 fully saturated rings. The van der Waals surface area contributed by atoms with E-state index in [1.54, 1.807) is 0 Å². The Labute approximate surface area is 105 Å². The van der Waals surface area contributed by atoms with Crippen LogP contribution in [0, 0.1) is 0 Å². The second-order valence-corrected chi connectivity index (χ2v) is 4.58. The van der Waals surface area contributed by atoms with Crippen molar-refractivity contribution in [3.63, 3.8) is 0 Å². The van der Waals surface area contributed by atoms with Crippen molar-refractivity contribution in [2.45, 2.75) is 50.8 Å². The molecule has 0 aromatic heterocycles. The van der Waals surface area contributed by atoms with Gasteiger partial charge in [-0.1, -0.05) is 0 Å². The Hall–Kier alpha value is -0.620. The summed E-state index contributed by atoms with van der Waals surface area (Å²) in [6.07, 6.45) is -2.88. The van der Waals surface area contributed by atoms with E-state index >= 15 is 0 Å². The molecule has 1 rings (SSSR count). The van der Waals surface area contributed by atoms with Gasteiger partial charge in [0.05, 0.1) is 12.7 Å². The van der Waals surface area contributed by atoms with Crippen LogP contribution < -0.4 is 5.32 Å². The van der Waals surface area contributed by atoms with E-state index in [1.165, 1.54) is 0 Å². The van der Waals surface area contributed by atoms with E-state index in [9.17, 15) is 18.0 Å². The smallest absolute Gasteiger partial charge is 0.378 e. The molecule has 1 saturated heterocycles. The minimum Gasteiger partial charge on any atom is -0.378 e. The Morgan fingerprint density at radius 1 is 1.22 bits per heavy atom. The van der Waals surface area contributed by atoms with Gasteiger partial charge in [0.15, 0.2) is 0 Å². The third-order valence-corrected chi connectivity index (χ3v) is 2.94. The number of carbonyl (C=O) groups is 1. The molecule has 0 spiro atoms. The number of halogens is 3. The monoisotopic (exact) mass is 267 g/mol. The highest BCUT2D eigenvalue weighted by Gasteiger charge is 2.26. The molecule has 0 radical (unpaired) electrons. The van der Waals surface area contributed by atoms with Crippen LogP contribution in [0.15, 0.2) is 0 Å². The normalized spacial score (nSPS) is 17.9. The third kappa shape index (κ3) is 7.66. The number of piperidine rings is 1. The van der Waals surface area contributed by atoms with Crippen molar-refractivity contribution < 1.29 is 22.7 Å². The van der Waals surface area contributed by atoms with Gasteiger partial charge < -0.3 is 10.1 Å². The Kier molecular flexibility index (Phi) is 6.63. The lowest BCUT2D eigenvalue weighted by Crippen LogP contribution is -2.32. The van der Waals surface area contributed by atoms with Crippen LogP contribution in [0.25, 0.3) is 0 Å². The molecule has 106 valence electrons. The first-order valence-electron chi connectivity index (χ1n) is 6.38.